The van der Waals surface area contributed by atoms with Crippen molar-refractivity contribution < 1.29 is 21.9 Å². The van der Waals surface area contributed by atoms with E-state index < -0.39 is 37.3 Å². The van der Waals surface area contributed by atoms with Crippen molar-refractivity contribution in [1.82, 2.24) is 0 Å². The first kappa shape index (κ1) is 13.3. The van der Waals surface area contributed by atoms with Gasteiger partial charge in [-0.15, -0.1) is 0 Å². The Bertz CT molecular complexity index is 363. The Labute approximate surface area is 83.6 Å². The Morgan fingerprint density at radius 2 is 1.29 bits per heavy atom. The SMILES string of the molecule is C=CS(=O)(=O)CC(O)CS(=O)(=O)C=C. The van der Waals surface area contributed by atoms with Crippen LogP contribution in [0, 0.1) is 0 Å². The van der Waals surface area contributed by atoms with E-state index in [0.717, 1.165) is 0 Å². The molecule has 0 aromatic rings. The fourth-order valence-electron chi connectivity index (χ4n) is 0.721. The summed E-state index contributed by atoms with van der Waals surface area (Å²) in [4.78, 5) is 0. The molecule has 0 aromatic carbocycles. The van der Waals surface area contributed by atoms with E-state index >= 15 is 0 Å². The summed E-state index contributed by atoms with van der Waals surface area (Å²) in [6.45, 7) is 6.07. The monoisotopic (exact) mass is 240 g/mol. The van der Waals surface area contributed by atoms with Gasteiger partial charge in [-0.3, -0.25) is 0 Å². The first-order valence-corrected chi connectivity index (χ1v) is 7.04. The molecule has 0 aliphatic carbocycles. The maximum Gasteiger partial charge on any atom is 0.173 e. The molecule has 0 aliphatic rings. The molecule has 0 aliphatic heterocycles. The van der Waals surface area contributed by atoms with Gasteiger partial charge in [-0.05, 0) is 0 Å². The summed E-state index contributed by atoms with van der Waals surface area (Å²) in [5, 5.41) is 10.5. The highest BCUT2D eigenvalue weighted by Gasteiger charge is 2.19. The van der Waals surface area contributed by atoms with Gasteiger partial charge in [-0.1, -0.05) is 13.2 Å². The van der Waals surface area contributed by atoms with Gasteiger partial charge in [0.2, 0.25) is 0 Å². The predicted octanol–water partition coefficient (Wildman–Crippen LogP) is -0.536. The first-order valence-electron chi connectivity index (χ1n) is 3.61. The molecule has 0 saturated carbocycles. The molecular formula is C7H12O5S2. The minimum Gasteiger partial charge on any atom is -0.391 e. The largest absolute Gasteiger partial charge is 0.391 e. The standard InChI is InChI=1S/C7H12O5S2/c1-3-13(9,10)5-7(8)6-14(11,12)4-2/h3-4,7-8H,1-2,5-6H2. The van der Waals surface area contributed by atoms with Crippen LogP contribution in [0.25, 0.3) is 0 Å². The lowest BCUT2D eigenvalue weighted by molar-refractivity contribution is 0.221. The average molecular weight is 240 g/mol. The van der Waals surface area contributed by atoms with Crippen molar-refractivity contribution in [1.29, 1.82) is 0 Å². The average Bonchev–Trinajstić information content (AvgIpc) is 2.02. The van der Waals surface area contributed by atoms with E-state index in [4.69, 9.17) is 5.11 Å². The number of aliphatic hydroxyl groups is 1. The van der Waals surface area contributed by atoms with E-state index in [9.17, 15) is 16.8 Å². The van der Waals surface area contributed by atoms with E-state index in [1.165, 1.54) is 0 Å². The van der Waals surface area contributed by atoms with Crippen LogP contribution in [0.15, 0.2) is 24.0 Å². The van der Waals surface area contributed by atoms with E-state index in [-0.39, 0.29) is 0 Å². The molecule has 7 heteroatoms. The molecule has 0 fully saturated rings. The van der Waals surface area contributed by atoms with Crippen LogP contribution in [0.1, 0.15) is 0 Å². The minimum atomic E-state index is -3.58. The van der Waals surface area contributed by atoms with Crippen molar-refractivity contribution >= 4 is 19.7 Å². The summed E-state index contributed by atoms with van der Waals surface area (Å²) < 4.78 is 43.5. The lowest BCUT2D eigenvalue weighted by atomic mass is 10.5. The fourth-order valence-corrected chi connectivity index (χ4v) is 2.45. The summed E-state index contributed by atoms with van der Waals surface area (Å²) in [7, 11) is -7.17. The number of hydrogen-bond donors (Lipinski definition) is 1. The highest BCUT2D eigenvalue weighted by Crippen LogP contribution is 2.01. The van der Waals surface area contributed by atoms with Crippen LogP contribution in [-0.4, -0.2) is 39.6 Å². The van der Waals surface area contributed by atoms with Crippen LogP contribution < -0.4 is 0 Å². The minimum absolute atomic E-state index is 0.649. The number of sulfone groups is 2. The molecule has 82 valence electrons. The molecule has 0 unspecified atom stereocenters. The van der Waals surface area contributed by atoms with Crippen molar-refractivity contribution in [2.75, 3.05) is 11.5 Å². The third-order valence-electron chi connectivity index (χ3n) is 1.36. The molecule has 14 heavy (non-hydrogen) atoms. The molecule has 1 N–H and O–H groups in total. The lowest BCUT2D eigenvalue weighted by Crippen LogP contribution is -2.26. The Morgan fingerprint density at radius 1 is 1.00 bits per heavy atom. The van der Waals surface area contributed by atoms with Crippen molar-refractivity contribution in [3.8, 4) is 0 Å². The Balaban J connectivity index is 4.48. The third-order valence-corrected chi connectivity index (χ3v) is 4.07. The molecule has 0 amide bonds. The van der Waals surface area contributed by atoms with Gasteiger partial charge in [0, 0.05) is 10.8 Å². The molecule has 0 spiro atoms. The summed E-state index contributed by atoms with van der Waals surface area (Å²) >= 11 is 0. The smallest absolute Gasteiger partial charge is 0.173 e. The zero-order valence-electron chi connectivity index (χ0n) is 7.46. The summed E-state index contributed by atoms with van der Waals surface area (Å²) in [6, 6.07) is 0. The van der Waals surface area contributed by atoms with E-state index in [1.54, 1.807) is 0 Å². The molecule has 0 aromatic heterocycles. The van der Waals surface area contributed by atoms with Crippen molar-refractivity contribution in [3.63, 3.8) is 0 Å². The molecule has 0 saturated heterocycles. The molecule has 0 radical (unpaired) electrons. The molecule has 5 nitrogen and oxygen atoms in total. The number of hydrogen-bond acceptors (Lipinski definition) is 5. The van der Waals surface area contributed by atoms with Crippen LogP contribution >= 0.6 is 0 Å². The van der Waals surface area contributed by atoms with Gasteiger partial charge >= 0.3 is 0 Å². The normalized spacial score (nSPS) is 12.7. The molecular weight excluding hydrogens is 228 g/mol. The topological polar surface area (TPSA) is 88.5 Å². The van der Waals surface area contributed by atoms with Crippen LogP contribution in [-0.2, 0) is 19.7 Å². The van der Waals surface area contributed by atoms with Crippen LogP contribution in [0.3, 0.4) is 0 Å². The van der Waals surface area contributed by atoms with Gasteiger partial charge in [-0.25, -0.2) is 16.8 Å². The second-order valence-corrected chi connectivity index (χ2v) is 6.63. The highest BCUT2D eigenvalue weighted by molar-refractivity contribution is 7.95. The summed E-state index contributed by atoms with van der Waals surface area (Å²) in [5.41, 5.74) is 0. The van der Waals surface area contributed by atoms with Gasteiger partial charge in [0.1, 0.15) is 0 Å². The highest BCUT2D eigenvalue weighted by atomic mass is 32.2. The fraction of sp³-hybridized carbons (Fsp3) is 0.429. The predicted molar refractivity (Wildman–Crippen MR) is 54.0 cm³/mol. The van der Waals surface area contributed by atoms with Crippen LogP contribution in [0.5, 0.6) is 0 Å². The third kappa shape index (κ3) is 5.15. The zero-order chi connectivity index (χ0) is 11.4. The maximum atomic E-state index is 10.9. The molecule has 0 bridgehead atoms. The number of rotatable bonds is 6. The Kier molecular flexibility index (Phi) is 4.50. The van der Waals surface area contributed by atoms with Crippen molar-refractivity contribution in [2.45, 2.75) is 6.10 Å². The second kappa shape index (κ2) is 4.72. The van der Waals surface area contributed by atoms with Crippen LogP contribution in [0.2, 0.25) is 0 Å². The van der Waals surface area contributed by atoms with Gasteiger partial charge in [-0.2, -0.15) is 0 Å². The van der Waals surface area contributed by atoms with Crippen LogP contribution in [0.4, 0.5) is 0 Å². The zero-order valence-corrected chi connectivity index (χ0v) is 9.09. The van der Waals surface area contributed by atoms with Gasteiger partial charge in [0.05, 0.1) is 17.6 Å². The summed E-state index contributed by atoms with van der Waals surface area (Å²) in [5.74, 6) is -1.30. The quantitative estimate of drug-likeness (QED) is 0.674. The summed E-state index contributed by atoms with van der Waals surface area (Å²) in [6.07, 6.45) is -1.46. The number of aliphatic hydroxyl groups excluding tert-OH is 1. The van der Waals surface area contributed by atoms with Crippen molar-refractivity contribution in [2.24, 2.45) is 0 Å². The molecule has 0 atom stereocenters. The van der Waals surface area contributed by atoms with Gasteiger partial charge < -0.3 is 5.11 Å². The van der Waals surface area contributed by atoms with E-state index in [0.29, 0.717) is 10.8 Å². The maximum absolute atomic E-state index is 10.9. The van der Waals surface area contributed by atoms with Crippen molar-refractivity contribution in [3.05, 3.63) is 24.0 Å². The Morgan fingerprint density at radius 3 is 1.50 bits per heavy atom. The molecule has 0 heterocycles. The lowest BCUT2D eigenvalue weighted by Gasteiger charge is -2.07. The van der Waals surface area contributed by atoms with Gasteiger partial charge in [0.25, 0.3) is 0 Å². The van der Waals surface area contributed by atoms with Gasteiger partial charge in [0.15, 0.2) is 19.7 Å². The second-order valence-electron chi connectivity index (χ2n) is 2.65. The molecule has 0 rings (SSSR count). The van der Waals surface area contributed by atoms with E-state index in [1.807, 2.05) is 0 Å². The Hall–Kier alpha value is -0.660. The van der Waals surface area contributed by atoms with E-state index in [2.05, 4.69) is 13.2 Å². The first-order chi connectivity index (χ1) is 6.22.